The first-order valence-electron chi connectivity index (χ1n) is 11.3. The van der Waals surface area contributed by atoms with Gasteiger partial charge in [-0.05, 0) is 35.6 Å². The fourth-order valence-corrected chi connectivity index (χ4v) is 5.71. The highest BCUT2D eigenvalue weighted by Crippen LogP contribution is 2.49. The first kappa shape index (κ1) is 22.9. The highest BCUT2D eigenvalue weighted by atomic mass is 35.5. The Balaban J connectivity index is 1.69. The van der Waals surface area contributed by atoms with Crippen molar-refractivity contribution in [3.05, 3.63) is 92.4 Å². The second-order valence-electron chi connectivity index (χ2n) is 8.69. The molecule has 1 aliphatic carbocycles. The Morgan fingerprint density at radius 1 is 1.06 bits per heavy atom. The van der Waals surface area contributed by atoms with Crippen molar-refractivity contribution in [2.45, 2.75) is 24.7 Å². The normalized spacial score (nSPS) is 23.7. The van der Waals surface area contributed by atoms with Crippen molar-refractivity contribution in [3.8, 4) is 6.07 Å². The molecule has 2 atom stereocenters. The van der Waals surface area contributed by atoms with Gasteiger partial charge in [0.2, 0.25) is 0 Å². The highest BCUT2D eigenvalue weighted by molar-refractivity contribution is 6.35. The highest BCUT2D eigenvalue weighted by Gasteiger charge is 2.44. The maximum Gasteiger partial charge on any atom is 0.162 e. The van der Waals surface area contributed by atoms with Crippen LogP contribution in [0.4, 0.5) is 0 Å². The molecule has 0 amide bonds. The fourth-order valence-electron chi connectivity index (χ4n) is 5.20. The third kappa shape index (κ3) is 3.99. The molecule has 1 fully saturated rings. The molecular formula is C26H24Cl2N4O2. The lowest BCUT2D eigenvalue weighted by atomic mass is 9.72. The summed E-state index contributed by atoms with van der Waals surface area (Å²) in [5.41, 5.74) is 10.2. The van der Waals surface area contributed by atoms with Crippen LogP contribution in [0, 0.1) is 11.3 Å². The number of hydrazine groups is 1. The minimum Gasteiger partial charge on any atom is -0.383 e. The molecule has 174 valence electrons. The monoisotopic (exact) mass is 494 g/mol. The molecule has 0 saturated carbocycles. The van der Waals surface area contributed by atoms with Crippen LogP contribution >= 0.6 is 23.2 Å². The largest absolute Gasteiger partial charge is 0.383 e. The number of ether oxygens (including phenoxy) is 1. The Morgan fingerprint density at radius 3 is 2.47 bits per heavy atom. The topological polar surface area (TPSA) is 82.6 Å². The molecule has 3 aliphatic rings. The van der Waals surface area contributed by atoms with Crippen LogP contribution in [-0.2, 0) is 9.53 Å². The van der Waals surface area contributed by atoms with Crippen LogP contribution in [0.15, 0.2) is 71.2 Å². The van der Waals surface area contributed by atoms with Crippen LogP contribution in [-0.4, -0.2) is 42.1 Å². The summed E-state index contributed by atoms with van der Waals surface area (Å²) in [6.45, 7) is 2.34. The number of carbonyl (C=O) groups excluding carboxylic acids is 1. The summed E-state index contributed by atoms with van der Waals surface area (Å²) in [5.74, 6) is -0.273. The number of nitriles is 1. The van der Waals surface area contributed by atoms with E-state index in [1.165, 1.54) is 0 Å². The SMILES string of the molecule is N#CC1=C(N)N(N2CCOCC2)C2=C(C(=O)C[C@@H](c3ccccc3)C2)[C@H]1c1ccc(Cl)cc1Cl. The van der Waals surface area contributed by atoms with Crippen LogP contribution in [0.2, 0.25) is 10.0 Å². The predicted molar refractivity (Wildman–Crippen MR) is 131 cm³/mol. The van der Waals surface area contributed by atoms with Crippen LogP contribution in [0.3, 0.4) is 0 Å². The quantitative estimate of drug-likeness (QED) is 0.663. The van der Waals surface area contributed by atoms with E-state index in [1.54, 1.807) is 18.2 Å². The summed E-state index contributed by atoms with van der Waals surface area (Å²) >= 11 is 12.7. The van der Waals surface area contributed by atoms with Gasteiger partial charge in [-0.1, -0.05) is 59.6 Å². The Morgan fingerprint density at radius 2 is 1.79 bits per heavy atom. The first-order chi connectivity index (χ1) is 16.5. The summed E-state index contributed by atoms with van der Waals surface area (Å²) in [4.78, 5) is 13.8. The van der Waals surface area contributed by atoms with Crippen molar-refractivity contribution in [3.63, 3.8) is 0 Å². The number of nitrogens with two attached hydrogens (primary N) is 1. The van der Waals surface area contributed by atoms with E-state index >= 15 is 0 Å². The standard InChI is InChI=1S/C26H24Cl2N4O2/c27-18-6-7-19(21(28)14-18)24-20(15-29)26(30)32(31-8-10-34-11-9-31)22-12-17(13-23(33)25(22)24)16-4-2-1-3-5-16/h1-7,14,17,24H,8-13,30H2/t17-,24-/m0/s1. The summed E-state index contributed by atoms with van der Waals surface area (Å²) in [6, 6.07) is 17.5. The van der Waals surface area contributed by atoms with E-state index in [-0.39, 0.29) is 11.7 Å². The van der Waals surface area contributed by atoms with E-state index in [1.807, 2.05) is 23.2 Å². The number of ketones is 1. The number of Topliss-reactive ketones (excluding diaryl/α,β-unsaturated/α-hetero) is 1. The second-order valence-corrected chi connectivity index (χ2v) is 9.53. The van der Waals surface area contributed by atoms with Crippen LogP contribution < -0.4 is 5.73 Å². The van der Waals surface area contributed by atoms with Crippen molar-refractivity contribution < 1.29 is 9.53 Å². The Kier molecular flexibility index (Phi) is 6.37. The summed E-state index contributed by atoms with van der Waals surface area (Å²) in [5, 5.41) is 15.1. The van der Waals surface area contributed by atoms with Gasteiger partial charge in [0, 0.05) is 40.8 Å². The van der Waals surface area contributed by atoms with Gasteiger partial charge < -0.3 is 10.5 Å². The van der Waals surface area contributed by atoms with E-state index in [0.29, 0.717) is 71.7 Å². The van der Waals surface area contributed by atoms with Gasteiger partial charge in [-0.3, -0.25) is 9.80 Å². The molecule has 0 aromatic heterocycles. The van der Waals surface area contributed by atoms with Gasteiger partial charge in [-0.15, -0.1) is 0 Å². The minimum atomic E-state index is -0.633. The summed E-state index contributed by atoms with van der Waals surface area (Å²) in [7, 11) is 0. The van der Waals surface area contributed by atoms with Crippen molar-refractivity contribution >= 4 is 29.0 Å². The number of hydrogen-bond donors (Lipinski definition) is 1. The molecule has 5 rings (SSSR count). The molecule has 0 unspecified atom stereocenters. The molecule has 2 N–H and O–H groups in total. The van der Waals surface area contributed by atoms with Crippen molar-refractivity contribution in [2.24, 2.45) is 5.73 Å². The molecule has 2 aliphatic heterocycles. The second kappa shape index (κ2) is 9.44. The lowest BCUT2D eigenvalue weighted by Gasteiger charge is -2.47. The average molecular weight is 495 g/mol. The van der Waals surface area contributed by atoms with Crippen LogP contribution in [0.5, 0.6) is 0 Å². The predicted octanol–water partition coefficient (Wildman–Crippen LogP) is 4.73. The summed E-state index contributed by atoms with van der Waals surface area (Å²) in [6.07, 6.45) is 0.990. The van der Waals surface area contributed by atoms with E-state index in [2.05, 4.69) is 23.2 Å². The number of allylic oxidation sites excluding steroid dienone is 3. The van der Waals surface area contributed by atoms with Crippen LogP contribution in [0.25, 0.3) is 0 Å². The number of hydrogen-bond acceptors (Lipinski definition) is 6. The Labute approximate surface area is 208 Å². The first-order valence-corrected chi connectivity index (χ1v) is 12.0. The Hall–Kier alpha value is -2.82. The maximum absolute atomic E-state index is 13.8. The van der Waals surface area contributed by atoms with E-state index in [4.69, 9.17) is 33.7 Å². The molecule has 8 heteroatoms. The molecule has 0 radical (unpaired) electrons. The van der Waals surface area contributed by atoms with Gasteiger partial charge >= 0.3 is 0 Å². The van der Waals surface area contributed by atoms with Gasteiger partial charge in [0.05, 0.1) is 30.8 Å². The smallest absolute Gasteiger partial charge is 0.162 e. The molecule has 2 heterocycles. The third-order valence-electron chi connectivity index (χ3n) is 6.76. The third-order valence-corrected chi connectivity index (χ3v) is 7.32. The number of rotatable bonds is 3. The number of nitrogens with zero attached hydrogens (tertiary/aromatic N) is 3. The summed E-state index contributed by atoms with van der Waals surface area (Å²) < 4.78 is 5.54. The van der Waals surface area contributed by atoms with Crippen LogP contribution in [0.1, 0.15) is 35.8 Å². The zero-order chi connectivity index (χ0) is 23.8. The van der Waals surface area contributed by atoms with Crippen molar-refractivity contribution in [1.82, 2.24) is 10.0 Å². The molecule has 2 aromatic rings. The van der Waals surface area contributed by atoms with Crippen molar-refractivity contribution in [1.29, 1.82) is 5.26 Å². The minimum absolute atomic E-state index is 0.00429. The van der Waals surface area contributed by atoms with E-state index in [9.17, 15) is 10.1 Å². The molecule has 2 aromatic carbocycles. The molecular weight excluding hydrogens is 471 g/mol. The zero-order valence-electron chi connectivity index (χ0n) is 18.5. The molecule has 1 saturated heterocycles. The van der Waals surface area contributed by atoms with Gasteiger partial charge in [-0.25, -0.2) is 5.01 Å². The molecule has 34 heavy (non-hydrogen) atoms. The van der Waals surface area contributed by atoms with Crippen molar-refractivity contribution in [2.75, 3.05) is 26.3 Å². The zero-order valence-corrected chi connectivity index (χ0v) is 20.0. The van der Waals surface area contributed by atoms with Gasteiger partial charge in [0.1, 0.15) is 5.82 Å². The van der Waals surface area contributed by atoms with Gasteiger partial charge in [-0.2, -0.15) is 5.26 Å². The molecule has 0 spiro atoms. The maximum atomic E-state index is 13.8. The molecule has 6 nitrogen and oxygen atoms in total. The van der Waals surface area contributed by atoms with E-state index < -0.39 is 5.92 Å². The number of halogens is 2. The molecule has 0 bridgehead atoms. The lowest BCUT2D eigenvalue weighted by molar-refractivity contribution is -0.117. The average Bonchev–Trinajstić information content (AvgIpc) is 2.84. The number of benzene rings is 2. The fraction of sp³-hybridized carbons (Fsp3) is 0.308. The van der Waals surface area contributed by atoms with E-state index in [0.717, 1.165) is 11.3 Å². The van der Waals surface area contributed by atoms with Gasteiger partial charge in [0.15, 0.2) is 5.78 Å². The number of morpholine rings is 1. The number of carbonyl (C=O) groups is 1. The lowest BCUT2D eigenvalue weighted by Crippen LogP contribution is -2.52. The Bertz CT molecular complexity index is 1230. The van der Waals surface area contributed by atoms with Gasteiger partial charge in [0.25, 0.3) is 0 Å².